The van der Waals surface area contributed by atoms with Gasteiger partial charge in [0, 0.05) is 37.0 Å². The van der Waals surface area contributed by atoms with E-state index >= 15 is 0 Å². The highest BCUT2D eigenvalue weighted by molar-refractivity contribution is 6.06. The van der Waals surface area contributed by atoms with Crippen LogP contribution in [-0.2, 0) is 16.5 Å². The molecule has 0 N–H and O–H groups in total. The third kappa shape index (κ3) is 4.70. The van der Waals surface area contributed by atoms with E-state index in [1.807, 2.05) is 0 Å². The quantitative estimate of drug-likeness (QED) is 0.462. The Hall–Kier alpha value is -3.13. The molecule has 2 aromatic rings. The summed E-state index contributed by atoms with van der Waals surface area (Å²) in [7, 11) is 4.59. The Morgan fingerprint density at radius 3 is 2.41 bits per heavy atom. The molecule has 0 aliphatic carbocycles. The van der Waals surface area contributed by atoms with E-state index in [9.17, 15) is 14.4 Å². The molecule has 8 heteroatoms. The van der Waals surface area contributed by atoms with E-state index in [4.69, 9.17) is 14.2 Å². The number of carbonyl (C=O) groups is 3. The molecule has 1 amide bonds. The Bertz CT molecular complexity index is 1000. The fourth-order valence-electron chi connectivity index (χ4n) is 4.20. The van der Waals surface area contributed by atoms with Gasteiger partial charge in [-0.15, -0.1) is 0 Å². The number of hydrogen-bond acceptors (Lipinski definition) is 6. The highest BCUT2D eigenvalue weighted by Crippen LogP contribution is 2.24. The Balaban J connectivity index is 1.89. The third-order valence-electron chi connectivity index (χ3n) is 5.99. The first-order valence-corrected chi connectivity index (χ1v) is 10.6. The van der Waals surface area contributed by atoms with E-state index in [0.717, 1.165) is 12.8 Å². The molecule has 1 fully saturated rings. The molecule has 0 bridgehead atoms. The van der Waals surface area contributed by atoms with E-state index in [1.165, 1.54) is 12.0 Å². The fourth-order valence-corrected chi connectivity index (χ4v) is 4.20. The summed E-state index contributed by atoms with van der Waals surface area (Å²) in [5.41, 5.74) is 2.44. The van der Waals surface area contributed by atoms with Gasteiger partial charge in [0.05, 0.1) is 26.9 Å². The molecular formula is C24H30N2O6. The first kappa shape index (κ1) is 23.5. The number of ketones is 1. The maximum Gasteiger partial charge on any atom is 0.354 e. The SMILES string of the molecule is COC(=O)c1c(C)c(C(=O)CN(C[C@H]2CCCO2)C(=O)c2ccc(OC)cc2)c(C)n1C. The zero-order valence-corrected chi connectivity index (χ0v) is 19.3. The average Bonchev–Trinajstić information content (AvgIpc) is 3.38. The second-order valence-corrected chi connectivity index (χ2v) is 7.96. The molecule has 1 aliphatic rings. The zero-order valence-electron chi connectivity index (χ0n) is 19.3. The molecule has 0 spiro atoms. The molecule has 1 aromatic carbocycles. The van der Waals surface area contributed by atoms with Crippen molar-refractivity contribution in [3.63, 3.8) is 0 Å². The third-order valence-corrected chi connectivity index (χ3v) is 5.99. The second kappa shape index (κ2) is 9.99. The van der Waals surface area contributed by atoms with Crippen LogP contribution in [0, 0.1) is 13.8 Å². The van der Waals surface area contributed by atoms with Crippen LogP contribution in [0.3, 0.4) is 0 Å². The van der Waals surface area contributed by atoms with Gasteiger partial charge in [0.1, 0.15) is 11.4 Å². The zero-order chi connectivity index (χ0) is 23.4. The molecule has 32 heavy (non-hydrogen) atoms. The highest BCUT2D eigenvalue weighted by Gasteiger charge is 2.29. The molecule has 0 saturated carbocycles. The lowest BCUT2D eigenvalue weighted by Gasteiger charge is -2.25. The van der Waals surface area contributed by atoms with Crippen molar-refractivity contribution in [1.82, 2.24) is 9.47 Å². The van der Waals surface area contributed by atoms with Crippen LogP contribution in [0.1, 0.15) is 55.3 Å². The van der Waals surface area contributed by atoms with Crippen LogP contribution in [0.5, 0.6) is 5.75 Å². The van der Waals surface area contributed by atoms with Gasteiger partial charge in [0.2, 0.25) is 0 Å². The monoisotopic (exact) mass is 442 g/mol. The molecule has 1 atom stereocenters. The topological polar surface area (TPSA) is 87.1 Å². The lowest BCUT2D eigenvalue weighted by atomic mass is 10.0. The van der Waals surface area contributed by atoms with Crippen molar-refractivity contribution in [2.24, 2.45) is 7.05 Å². The predicted octanol–water partition coefficient (Wildman–Crippen LogP) is 2.94. The molecule has 3 rings (SSSR count). The molecule has 172 valence electrons. The van der Waals surface area contributed by atoms with Gasteiger partial charge in [-0.2, -0.15) is 0 Å². The lowest BCUT2D eigenvalue weighted by Crippen LogP contribution is -2.41. The average molecular weight is 443 g/mol. The van der Waals surface area contributed by atoms with Gasteiger partial charge in [-0.05, 0) is 56.5 Å². The van der Waals surface area contributed by atoms with Crippen molar-refractivity contribution in [3.8, 4) is 5.75 Å². The van der Waals surface area contributed by atoms with E-state index < -0.39 is 5.97 Å². The predicted molar refractivity (Wildman–Crippen MR) is 118 cm³/mol. The number of Topliss-reactive ketones (excluding diaryl/α,β-unsaturated/α-hetero) is 1. The minimum absolute atomic E-state index is 0.103. The van der Waals surface area contributed by atoms with Crippen molar-refractivity contribution >= 4 is 17.7 Å². The van der Waals surface area contributed by atoms with Gasteiger partial charge in [-0.1, -0.05) is 0 Å². The number of esters is 1. The maximum atomic E-state index is 13.4. The number of ether oxygens (including phenoxy) is 3. The summed E-state index contributed by atoms with van der Waals surface area (Å²) in [6.45, 7) is 4.37. The fraction of sp³-hybridized carbons (Fsp3) is 0.458. The maximum absolute atomic E-state index is 13.4. The molecule has 1 aromatic heterocycles. The van der Waals surface area contributed by atoms with Crippen LogP contribution >= 0.6 is 0 Å². The van der Waals surface area contributed by atoms with Crippen LogP contribution < -0.4 is 4.74 Å². The number of amides is 1. The van der Waals surface area contributed by atoms with Crippen LogP contribution in [0.25, 0.3) is 0 Å². The summed E-state index contributed by atoms with van der Waals surface area (Å²) in [6, 6.07) is 6.80. The van der Waals surface area contributed by atoms with Crippen molar-refractivity contribution in [3.05, 3.63) is 52.3 Å². The minimum atomic E-state index is -0.502. The molecule has 0 unspecified atom stereocenters. The number of hydrogen-bond donors (Lipinski definition) is 0. The Labute approximate surface area is 188 Å². The van der Waals surface area contributed by atoms with Crippen molar-refractivity contribution in [2.75, 3.05) is 33.9 Å². The number of rotatable bonds is 8. The van der Waals surface area contributed by atoms with Gasteiger partial charge in [0.15, 0.2) is 5.78 Å². The molecular weight excluding hydrogens is 412 g/mol. The van der Waals surface area contributed by atoms with E-state index in [0.29, 0.717) is 47.0 Å². The summed E-state index contributed by atoms with van der Waals surface area (Å²) in [5, 5.41) is 0. The summed E-state index contributed by atoms with van der Waals surface area (Å²) in [6.07, 6.45) is 1.67. The number of benzene rings is 1. The van der Waals surface area contributed by atoms with Crippen molar-refractivity contribution < 1.29 is 28.6 Å². The van der Waals surface area contributed by atoms with Gasteiger partial charge < -0.3 is 23.7 Å². The first-order valence-electron chi connectivity index (χ1n) is 10.6. The van der Waals surface area contributed by atoms with Gasteiger partial charge >= 0.3 is 5.97 Å². The number of carbonyl (C=O) groups excluding carboxylic acids is 3. The highest BCUT2D eigenvalue weighted by atomic mass is 16.5. The Morgan fingerprint density at radius 1 is 1.16 bits per heavy atom. The van der Waals surface area contributed by atoms with E-state index in [2.05, 4.69) is 0 Å². The first-order chi connectivity index (χ1) is 15.3. The summed E-state index contributed by atoms with van der Waals surface area (Å²) >= 11 is 0. The Kier molecular flexibility index (Phi) is 7.35. The minimum Gasteiger partial charge on any atom is -0.497 e. The molecule has 1 saturated heterocycles. The van der Waals surface area contributed by atoms with Gasteiger partial charge in [-0.25, -0.2) is 4.79 Å². The van der Waals surface area contributed by atoms with Crippen LogP contribution in [0.15, 0.2) is 24.3 Å². The smallest absolute Gasteiger partial charge is 0.354 e. The van der Waals surface area contributed by atoms with Gasteiger partial charge in [-0.3, -0.25) is 9.59 Å². The molecule has 2 heterocycles. The lowest BCUT2D eigenvalue weighted by molar-refractivity contribution is 0.0506. The summed E-state index contributed by atoms with van der Waals surface area (Å²) < 4.78 is 17.4. The molecule has 1 aliphatic heterocycles. The Morgan fingerprint density at radius 2 is 1.84 bits per heavy atom. The van der Waals surface area contributed by atoms with E-state index in [-0.39, 0.29) is 24.3 Å². The normalized spacial score (nSPS) is 15.5. The second-order valence-electron chi connectivity index (χ2n) is 7.96. The molecule has 0 radical (unpaired) electrons. The van der Waals surface area contributed by atoms with Crippen LogP contribution in [0.2, 0.25) is 0 Å². The number of methoxy groups -OCH3 is 2. The van der Waals surface area contributed by atoms with Crippen molar-refractivity contribution in [2.45, 2.75) is 32.8 Å². The van der Waals surface area contributed by atoms with Crippen LogP contribution in [-0.4, -0.2) is 67.1 Å². The van der Waals surface area contributed by atoms with E-state index in [1.54, 1.807) is 56.8 Å². The van der Waals surface area contributed by atoms with Crippen LogP contribution in [0.4, 0.5) is 0 Å². The number of nitrogens with zero attached hydrogens (tertiary/aromatic N) is 2. The summed E-state index contributed by atoms with van der Waals surface area (Å²) in [4.78, 5) is 40.4. The van der Waals surface area contributed by atoms with Crippen molar-refractivity contribution in [1.29, 1.82) is 0 Å². The summed E-state index contributed by atoms with van der Waals surface area (Å²) in [5.74, 6) is -0.339. The standard InChI is InChI=1S/C24H30N2O6/c1-15-21(16(2)25(3)22(15)24(29)31-5)20(27)14-26(13-19-7-6-12-32-19)23(28)17-8-10-18(30-4)11-9-17/h8-11,19H,6-7,12-14H2,1-5H3/t19-/m1/s1. The largest absolute Gasteiger partial charge is 0.497 e. The number of aromatic nitrogens is 1. The molecule has 8 nitrogen and oxygen atoms in total. The van der Waals surface area contributed by atoms with Gasteiger partial charge in [0.25, 0.3) is 5.91 Å².